The smallest absolute Gasteiger partial charge is 0.221 e. The maximum absolute atomic E-state index is 11.0. The van der Waals surface area contributed by atoms with Crippen molar-refractivity contribution >= 4 is 27.3 Å². The van der Waals surface area contributed by atoms with E-state index in [1.165, 1.54) is 6.92 Å². The third-order valence-electron chi connectivity index (χ3n) is 2.67. The molecule has 0 atom stereocenters. The van der Waals surface area contributed by atoms with Gasteiger partial charge in [-0.2, -0.15) is 0 Å². The Morgan fingerprint density at radius 2 is 1.86 bits per heavy atom. The van der Waals surface area contributed by atoms with Crippen LogP contribution < -0.4 is 14.9 Å². The zero-order chi connectivity index (χ0) is 15.9. The highest BCUT2D eigenvalue weighted by molar-refractivity contribution is 7.88. The van der Waals surface area contributed by atoms with Crippen molar-refractivity contribution in [3.8, 4) is 0 Å². The van der Waals surface area contributed by atoms with Crippen LogP contribution >= 0.6 is 0 Å². The number of rotatable bonds is 8. The number of nitrogens with one attached hydrogen (secondary N) is 2. The molecule has 0 saturated heterocycles. The van der Waals surface area contributed by atoms with E-state index in [2.05, 4.69) is 10.0 Å². The van der Waals surface area contributed by atoms with E-state index < -0.39 is 10.0 Å². The number of sulfonamides is 1. The highest BCUT2D eigenvalue weighted by Gasteiger charge is 2.08. The van der Waals surface area contributed by atoms with Crippen LogP contribution in [-0.4, -0.2) is 51.9 Å². The monoisotopic (exact) mass is 315 g/mol. The molecule has 118 valence electrons. The van der Waals surface area contributed by atoms with Crippen molar-refractivity contribution in [3.05, 3.63) is 24.3 Å². The number of amides is 1. The molecule has 1 amide bonds. The van der Waals surface area contributed by atoms with Crippen molar-refractivity contribution < 1.29 is 18.3 Å². The highest BCUT2D eigenvalue weighted by Crippen LogP contribution is 2.17. The second-order valence-electron chi connectivity index (χ2n) is 4.61. The molecule has 0 bridgehead atoms. The number of hydrogen-bond acceptors (Lipinski definition) is 5. The predicted octanol–water partition coefficient (Wildman–Crippen LogP) is -0.00710. The van der Waals surface area contributed by atoms with Crippen LogP contribution in [0.5, 0.6) is 0 Å². The van der Waals surface area contributed by atoms with Gasteiger partial charge in [0.2, 0.25) is 15.9 Å². The van der Waals surface area contributed by atoms with Gasteiger partial charge in [0.1, 0.15) is 0 Å². The second kappa shape index (κ2) is 7.96. The van der Waals surface area contributed by atoms with E-state index in [0.717, 1.165) is 11.9 Å². The molecule has 0 radical (unpaired) electrons. The fourth-order valence-corrected chi connectivity index (χ4v) is 2.28. The molecule has 0 aliphatic rings. The van der Waals surface area contributed by atoms with Gasteiger partial charge in [-0.1, -0.05) is 0 Å². The third kappa shape index (κ3) is 7.07. The number of aliphatic hydroxyl groups is 1. The van der Waals surface area contributed by atoms with Crippen LogP contribution in [0.25, 0.3) is 0 Å². The molecule has 0 heterocycles. The molecule has 1 rings (SSSR count). The van der Waals surface area contributed by atoms with E-state index in [4.69, 9.17) is 5.11 Å². The van der Waals surface area contributed by atoms with Gasteiger partial charge < -0.3 is 15.3 Å². The molecular formula is C13H21N3O4S. The quantitative estimate of drug-likeness (QED) is 0.627. The Morgan fingerprint density at radius 1 is 1.24 bits per heavy atom. The maximum atomic E-state index is 11.0. The van der Waals surface area contributed by atoms with Gasteiger partial charge in [0.05, 0.1) is 12.9 Å². The lowest BCUT2D eigenvalue weighted by Gasteiger charge is -2.24. The first-order chi connectivity index (χ1) is 9.81. The highest BCUT2D eigenvalue weighted by atomic mass is 32.2. The lowest BCUT2D eigenvalue weighted by molar-refractivity contribution is -0.114. The average molecular weight is 315 g/mol. The molecular weight excluding hydrogens is 294 g/mol. The summed E-state index contributed by atoms with van der Waals surface area (Å²) < 4.78 is 24.5. The minimum atomic E-state index is -3.22. The number of anilines is 2. The summed E-state index contributed by atoms with van der Waals surface area (Å²) in [4.78, 5) is 12.8. The molecule has 3 N–H and O–H groups in total. The van der Waals surface area contributed by atoms with Crippen LogP contribution in [0.4, 0.5) is 11.4 Å². The third-order valence-corrected chi connectivity index (χ3v) is 3.40. The minimum absolute atomic E-state index is 0.0354. The average Bonchev–Trinajstić information content (AvgIpc) is 2.36. The molecule has 0 aliphatic carbocycles. The minimum Gasteiger partial charge on any atom is -0.395 e. The Morgan fingerprint density at radius 3 is 2.33 bits per heavy atom. The molecule has 0 fully saturated rings. The van der Waals surface area contributed by atoms with Gasteiger partial charge >= 0.3 is 0 Å². The van der Waals surface area contributed by atoms with Gasteiger partial charge in [-0.3, -0.25) is 4.79 Å². The number of nitrogens with zero attached hydrogens (tertiary/aromatic N) is 1. The van der Waals surface area contributed by atoms with Crippen molar-refractivity contribution in [3.63, 3.8) is 0 Å². The molecule has 0 spiro atoms. The van der Waals surface area contributed by atoms with Gasteiger partial charge in [-0.15, -0.1) is 0 Å². The van der Waals surface area contributed by atoms with Crippen molar-refractivity contribution in [1.82, 2.24) is 4.72 Å². The van der Waals surface area contributed by atoms with Gasteiger partial charge in [0.25, 0.3) is 0 Å². The summed E-state index contributed by atoms with van der Waals surface area (Å²) >= 11 is 0. The SMILES string of the molecule is CC(=O)Nc1ccc(N(CCO)CCNS(C)(=O)=O)cc1. The van der Waals surface area contributed by atoms with Crippen LogP contribution in [0.15, 0.2) is 24.3 Å². The molecule has 0 aromatic heterocycles. The molecule has 0 saturated carbocycles. The maximum Gasteiger partial charge on any atom is 0.221 e. The zero-order valence-electron chi connectivity index (χ0n) is 12.2. The number of hydrogen-bond donors (Lipinski definition) is 3. The van der Waals surface area contributed by atoms with Gasteiger partial charge in [0.15, 0.2) is 0 Å². The Bertz CT molecular complexity index is 557. The number of carbonyl (C=O) groups excluding carboxylic acids is 1. The van der Waals surface area contributed by atoms with Gasteiger partial charge in [-0.05, 0) is 24.3 Å². The number of carbonyl (C=O) groups is 1. The van der Waals surface area contributed by atoms with Crippen LogP contribution in [0, 0.1) is 0 Å². The normalized spacial score (nSPS) is 11.2. The van der Waals surface area contributed by atoms with Crippen molar-refractivity contribution in [2.75, 3.05) is 42.7 Å². The second-order valence-corrected chi connectivity index (χ2v) is 6.44. The molecule has 21 heavy (non-hydrogen) atoms. The van der Waals surface area contributed by atoms with Crippen molar-refractivity contribution in [2.24, 2.45) is 0 Å². The Labute approximate surface area is 125 Å². The fourth-order valence-electron chi connectivity index (χ4n) is 1.82. The summed E-state index contributed by atoms with van der Waals surface area (Å²) in [5.74, 6) is -0.146. The van der Waals surface area contributed by atoms with Crippen LogP contribution in [0.3, 0.4) is 0 Å². The summed E-state index contributed by atoms with van der Waals surface area (Å²) in [7, 11) is -3.22. The Balaban J connectivity index is 2.68. The lowest BCUT2D eigenvalue weighted by Crippen LogP contribution is -2.36. The molecule has 7 nitrogen and oxygen atoms in total. The largest absolute Gasteiger partial charge is 0.395 e. The zero-order valence-corrected chi connectivity index (χ0v) is 13.0. The number of benzene rings is 1. The summed E-state index contributed by atoms with van der Waals surface area (Å²) in [6.45, 7) is 2.49. The summed E-state index contributed by atoms with van der Waals surface area (Å²) in [5.41, 5.74) is 1.53. The van der Waals surface area contributed by atoms with Gasteiger partial charge in [-0.25, -0.2) is 13.1 Å². The summed E-state index contributed by atoms with van der Waals surface area (Å²) in [6.07, 6.45) is 1.10. The van der Waals surface area contributed by atoms with Gasteiger partial charge in [0, 0.05) is 37.9 Å². The first-order valence-corrected chi connectivity index (χ1v) is 8.39. The number of aliphatic hydroxyl groups excluding tert-OH is 1. The molecule has 0 aliphatic heterocycles. The topological polar surface area (TPSA) is 98.7 Å². The Kier molecular flexibility index (Phi) is 6.60. The molecule has 1 aromatic rings. The molecule has 8 heteroatoms. The van der Waals surface area contributed by atoms with Crippen LogP contribution in [0.1, 0.15) is 6.92 Å². The van der Waals surface area contributed by atoms with Crippen molar-refractivity contribution in [1.29, 1.82) is 0 Å². The van der Waals surface area contributed by atoms with E-state index in [9.17, 15) is 13.2 Å². The van der Waals surface area contributed by atoms with E-state index in [1.807, 2.05) is 4.90 Å². The van der Waals surface area contributed by atoms with E-state index in [0.29, 0.717) is 18.8 Å². The molecule has 1 aromatic carbocycles. The van der Waals surface area contributed by atoms with Crippen molar-refractivity contribution in [2.45, 2.75) is 6.92 Å². The van der Waals surface area contributed by atoms with E-state index in [1.54, 1.807) is 24.3 Å². The fraction of sp³-hybridized carbons (Fsp3) is 0.462. The summed E-state index contributed by atoms with van der Waals surface area (Å²) in [5, 5.41) is 11.8. The van der Waals surface area contributed by atoms with Crippen LogP contribution in [0.2, 0.25) is 0 Å². The summed E-state index contributed by atoms with van der Waals surface area (Å²) in [6, 6.07) is 7.12. The van der Waals surface area contributed by atoms with E-state index in [-0.39, 0.29) is 19.1 Å². The first kappa shape index (κ1) is 17.4. The first-order valence-electron chi connectivity index (χ1n) is 6.50. The Hall–Kier alpha value is -1.64. The van der Waals surface area contributed by atoms with Crippen LogP contribution in [-0.2, 0) is 14.8 Å². The molecule has 0 unspecified atom stereocenters. The van der Waals surface area contributed by atoms with E-state index >= 15 is 0 Å². The lowest BCUT2D eigenvalue weighted by atomic mass is 10.2. The predicted molar refractivity (Wildman–Crippen MR) is 82.9 cm³/mol. The standard InChI is InChI=1S/C13H21N3O4S/c1-11(18)15-12-3-5-13(6-4-12)16(9-10-17)8-7-14-21(2,19)20/h3-6,14,17H,7-10H2,1-2H3,(H,15,18).